The summed E-state index contributed by atoms with van der Waals surface area (Å²) in [5.41, 5.74) is 0.524. The van der Waals surface area contributed by atoms with Crippen molar-refractivity contribution in [2.45, 2.75) is 6.42 Å². The van der Waals surface area contributed by atoms with Crippen molar-refractivity contribution in [3.63, 3.8) is 0 Å². The first-order valence-electron chi connectivity index (χ1n) is 5.44. The van der Waals surface area contributed by atoms with E-state index in [-0.39, 0.29) is 17.9 Å². The zero-order chi connectivity index (χ0) is 13.2. The van der Waals surface area contributed by atoms with E-state index in [4.69, 9.17) is 5.11 Å². The molecular formula is C10H13N3O4S. The average Bonchev–Trinajstić information content (AvgIpc) is 2.30. The van der Waals surface area contributed by atoms with E-state index < -0.39 is 15.8 Å². The molecule has 8 heteroatoms. The Bertz CT molecular complexity index is 527. The lowest BCUT2D eigenvalue weighted by Gasteiger charge is -2.26. The molecule has 0 unspecified atom stereocenters. The second-order valence-corrected chi connectivity index (χ2v) is 6.40. The minimum absolute atomic E-state index is 0.104. The van der Waals surface area contributed by atoms with Crippen molar-refractivity contribution >= 4 is 21.8 Å². The molecule has 1 aliphatic rings. The molecule has 0 radical (unpaired) electrons. The largest absolute Gasteiger partial charge is 0.481 e. The molecule has 1 aliphatic heterocycles. The molecule has 1 fully saturated rings. The van der Waals surface area contributed by atoms with Crippen LogP contribution in [-0.4, -0.2) is 54.1 Å². The predicted molar refractivity (Wildman–Crippen MR) is 64.2 cm³/mol. The second-order valence-electron chi connectivity index (χ2n) is 4.10. The van der Waals surface area contributed by atoms with Crippen LogP contribution in [0.5, 0.6) is 0 Å². The Labute approximate surface area is 104 Å². The van der Waals surface area contributed by atoms with E-state index in [1.807, 2.05) is 0 Å². The van der Waals surface area contributed by atoms with Gasteiger partial charge >= 0.3 is 5.97 Å². The number of anilines is 1. The fourth-order valence-corrected chi connectivity index (χ4v) is 2.89. The minimum Gasteiger partial charge on any atom is -0.481 e. The molecule has 98 valence electrons. The minimum atomic E-state index is -2.92. The van der Waals surface area contributed by atoms with Crippen LogP contribution in [0.4, 0.5) is 5.95 Å². The summed E-state index contributed by atoms with van der Waals surface area (Å²) >= 11 is 0. The van der Waals surface area contributed by atoms with Crippen molar-refractivity contribution < 1.29 is 18.3 Å². The van der Waals surface area contributed by atoms with Gasteiger partial charge in [-0.1, -0.05) is 0 Å². The lowest BCUT2D eigenvalue weighted by molar-refractivity contribution is -0.136. The Morgan fingerprint density at radius 1 is 1.28 bits per heavy atom. The van der Waals surface area contributed by atoms with E-state index in [9.17, 15) is 13.2 Å². The molecule has 0 aliphatic carbocycles. The zero-order valence-corrected chi connectivity index (χ0v) is 10.4. The van der Waals surface area contributed by atoms with Crippen molar-refractivity contribution in [1.29, 1.82) is 0 Å². The average molecular weight is 271 g/mol. The van der Waals surface area contributed by atoms with Crippen molar-refractivity contribution in [2.24, 2.45) is 0 Å². The van der Waals surface area contributed by atoms with Gasteiger partial charge in [0.2, 0.25) is 5.95 Å². The van der Waals surface area contributed by atoms with Crippen molar-refractivity contribution in [2.75, 3.05) is 29.5 Å². The highest BCUT2D eigenvalue weighted by atomic mass is 32.2. The highest BCUT2D eigenvalue weighted by molar-refractivity contribution is 7.91. The number of rotatable bonds is 3. The third kappa shape index (κ3) is 3.16. The maximum Gasteiger partial charge on any atom is 0.307 e. The number of hydrogen-bond acceptors (Lipinski definition) is 6. The number of carboxylic acids is 1. The first-order chi connectivity index (χ1) is 8.46. The molecule has 0 aromatic carbocycles. The van der Waals surface area contributed by atoms with Crippen LogP contribution in [-0.2, 0) is 21.1 Å². The number of aliphatic carboxylic acids is 1. The first kappa shape index (κ1) is 12.7. The van der Waals surface area contributed by atoms with E-state index in [0.29, 0.717) is 24.6 Å². The normalized spacial score (nSPS) is 18.6. The highest BCUT2D eigenvalue weighted by Gasteiger charge is 2.23. The summed E-state index contributed by atoms with van der Waals surface area (Å²) in [6.45, 7) is 0.751. The molecule has 18 heavy (non-hydrogen) atoms. The molecule has 0 saturated carbocycles. The maximum atomic E-state index is 11.3. The highest BCUT2D eigenvalue weighted by Crippen LogP contribution is 2.12. The van der Waals surface area contributed by atoms with Gasteiger partial charge < -0.3 is 10.0 Å². The Morgan fingerprint density at radius 2 is 1.83 bits per heavy atom. The number of aromatic nitrogens is 2. The van der Waals surface area contributed by atoms with Crippen LogP contribution in [0.25, 0.3) is 0 Å². The van der Waals surface area contributed by atoms with E-state index in [1.165, 1.54) is 12.4 Å². The number of nitrogens with zero attached hydrogens (tertiary/aromatic N) is 3. The van der Waals surface area contributed by atoms with Gasteiger partial charge in [0.1, 0.15) is 0 Å². The fraction of sp³-hybridized carbons (Fsp3) is 0.500. The van der Waals surface area contributed by atoms with Gasteiger partial charge in [0.25, 0.3) is 0 Å². The van der Waals surface area contributed by atoms with Gasteiger partial charge in [-0.3, -0.25) is 4.79 Å². The molecule has 7 nitrogen and oxygen atoms in total. The third-order valence-electron chi connectivity index (χ3n) is 2.67. The standard InChI is InChI=1S/C10H13N3O4S/c14-9(15)5-8-6-11-10(12-7-8)13-1-3-18(16,17)4-2-13/h6-7H,1-5H2,(H,14,15). The maximum absolute atomic E-state index is 11.3. The molecule has 2 rings (SSSR count). The Balaban J connectivity index is 2.04. The number of carboxylic acid groups (broad SMARTS) is 1. The predicted octanol–water partition coefficient (Wildman–Crippen LogP) is -0.661. The van der Waals surface area contributed by atoms with E-state index in [1.54, 1.807) is 4.90 Å². The number of hydrogen-bond donors (Lipinski definition) is 1. The van der Waals surface area contributed by atoms with Crippen LogP contribution >= 0.6 is 0 Å². The van der Waals surface area contributed by atoms with Crippen molar-refractivity contribution in [3.8, 4) is 0 Å². The van der Waals surface area contributed by atoms with Crippen LogP contribution in [0.15, 0.2) is 12.4 Å². The SMILES string of the molecule is O=C(O)Cc1cnc(N2CCS(=O)(=O)CC2)nc1. The molecular weight excluding hydrogens is 258 g/mol. The summed E-state index contributed by atoms with van der Waals surface area (Å²) in [4.78, 5) is 20.4. The lowest BCUT2D eigenvalue weighted by Crippen LogP contribution is -2.41. The fourth-order valence-electron chi connectivity index (χ4n) is 1.69. The molecule has 0 bridgehead atoms. The number of carbonyl (C=O) groups is 1. The zero-order valence-electron chi connectivity index (χ0n) is 9.61. The summed E-state index contributed by atoms with van der Waals surface area (Å²) in [5.74, 6) is -0.282. The van der Waals surface area contributed by atoms with Gasteiger partial charge in [0, 0.05) is 31.0 Å². The summed E-state index contributed by atoms with van der Waals surface area (Å²) in [7, 11) is -2.92. The van der Waals surface area contributed by atoms with Crippen LogP contribution < -0.4 is 4.90 Å². The molecule has 1 aromatic rings. The van der Waals surface area contributed by atoms with Gasteiger partial charge in [-0.2, -0.15) is 0 Å². The first-order valence-corrected chi connectivity index (χ1v) is 7.26. The molecule has 2 heterocycles. The smallest absolute Gasteiger partial charge is 0.307 e. The van der Waals surface area contributed by atoms with Gasteiger partial charge in [-0.15, -0.1) is 0 Å². The summed E-state index contributed by atoms with van der Waals surface area (Å²) < 4.78 is 22.5. The van der Waals surface area contributed by atoms with Gasteiger partial charge in [0.05, 0.1) is 17.9 Å². The van der Waals surface area contributed by atoms with Crippen molar-refractivity contribution in [3.05, 3.63) is 18.0 Å². The molecule has 1 saturated heterocycles. The molecule has 1 aromatic heterocycles. The molecule has 0 spiro atoms. The summed E-state index contributed by atoms with van der Waals surface area (Å²) in [5, 5.41) is 8.61. The second kappa shape index (κ2) is 4.89. The monoisotopic (exact) mass is 271 g/mol. The third-order valence-corrected chi connectivity index (χ3v) is 4.28. The lowest BCUT2D eigenvalue weighted by atomic mass is 10.2. The Kier molecular flexibility index (Phi) is 3.46. The summed E-state index contributed by atoms with van der Waals surface area (Å²) in [6, 6.07) is 0. The van der Waals surface area contributed by atoms with Gasteiger partial charge in [-0.25, -0.2) is 18.4 Å². The Hall–Kier alpha value is -1.70. The van der Waals surface area contributed by atoms with Crippen LogP contribution in [0.2, 0.25) is 0 Å². The quantitative estimate of drug-likeness (QED) is 0.778. The summed E-state index contributed by atoms with van der Waals surface area (Å²) in [6.07, 6.45) is 2.80. The Morgan fingerprint density at radius 3 is 2.33 bits per heavy atom. The van der Waals surface area contributed by atoms with Gasteiger partial charge in [-0.05, 0) is 0 Å². The van der Waals surface area contributed by atoms with E-state index >= 15 is 0 Å². The van der Waals surface area contributed by atoms with Crippen LogP contribution in [0, 0.1) is 0 Å². The molecule has 0 atom stereocenters. The van der Waals surface area contributed by atoms with Crippen LogP contribution in [0.3, 0.4) is 0 Å². The van der Waals surface area contributed by atoms with Gasteiger partial charge in [0.15, 0.2) is 9.84 Å². The molecule has 1 N–H and O–H groups in total. The van der Waals surface area contributed by atoms with Crippen LogP contribution in [0.1, 0.15) is 5.56 Å². The van der Waals surface area contributed by atoms with E-state index in [2.05, 4.69) is 9.97 Å². The molecule has 0 amide bonds. The topological polar surface area (TPSA) is 100 Å². The van der Waals surface area contributed by atoms with E-state index in [0.717, 1.165) is 0 Å². The van der Waals surface area contributed by atoms with Crippen molar-refractivity contribution in [1.82, 2.24) is 9.97 Å². The number of sulfone groups is 1.